The maximum Gasteiger partial charge on any atom is 0.573 e. The monoisotopic (exact) mass is 526 g/mol. The molecule has 38 heavy (non-hydrogen) atoms. The van der Waals surface area contributed by atoms with Crippen LogP contribution >= 0.6 is 0 Å². The van der Waals surface area contributed by atoms with Crippen LogP contribution in [0.15, 0.2) is 58.1 Å². The molecule has 4 aromatic rings. The van der Waals surface area contributed by atoms with Gasteiger partial charge >= 0.3 is 12.1 Å². The van der Waals surface area contributed by atoms with Crippen LogP contribution in [0, 0.1) is 11.8 Å². The van der Waals surface area contributed by atoms with Crippen molar-refractivity contribution in [2.45, 2.75) is 46.1 Å². The number of hydrogen-bond donors (Lipinski definition) is 1. The van der Waals surface area contributed by atoms with Crippen molar-refractivity contribution in [3.05, 3.63) is 74.9 Å². The molecule has 2 aromatic heterocycles. The summed E-state index contributed by atoms with van der Waals surface area (Å²) in [4.78, 5) is 33.4. The van der Waals surface area contributed by atoms with E-state index in [1.165, 1.54) is 33.4 Å². The third-order valence-corrected chi connectivity index (χ3v) is 5.52. The van der Waals surface area contributed by atoms with Crippen molar-refractivity contribution in [3.63, 3.8) is 0 Å². The van der Waals surface area contributed by atoms with Gasteiger partial charge in [0.15, 0.2) is 5.65 Å². The predicted molar refractivity (Wildman–Crippen MR) is 136 cm³/mol. The van der Waals surface area contributed by atoms with Gasteiger partial charge in [0, 0.05) is 24.2 Å². The lowest BCUT2D eigenvalue weighted by molar-refractivity contribution is -0.274. The number of rotatable bonds is 8. The first-order chi connectivity index (χ1) is 18.2. The molecular weight excluding hydrogens is 501 g/mol. The van der Waals surface area contributed by atoms with Gasteiger partial charge in [-0.25, -0.2) is 9.78 Å². The maximum atomic E-state index is 12.9. The zero-order valence-electron chi connectivity index (χ0n) is 20.8. The molecule has 0 aliphatic rings. The van der Waals surface area contributed by atoms with Crippen LogP contribution in [0.2, 0.25) is 0 Å². The van der Waals surface area contributed by atoms with Crippen molar-refractivity contribution in [3.8, 4) is 34.7 Å². The molecule has 0 radical (unpaired) electrons. The zero-order valence-corrected chi connectivity index (χ0v) is 20.8. The van der Waals surface area contributed by atoms with Gasteiger partial charge in [-0.05, 0) is 61.4 Å². The Morgan fingerprint density at radius 1 is 0.921 bits per heavy atom. The molecule has 0 atom stereocenters. The van der Waals surface area contributed by atoms with E-state index >= 15 is 0 Å². The van der Waals surface area contributed by atoms with Gasteiger partial charge in [0.2, 0.25) is 0 Å². The molecule has 2 aromatic carbocycles. The van der Waals surface area contributed by atoms with Gasteiger partial charge in [-0.1, -0.05) is 25.7 Å². The molecule has 0 unspecified atom stereocenters. The van der Waals surface area contributed by atoms with E-state index in [1.807, 2.05) is 13.8 Å². The minimum atomic E-state index is -4.74. The summed E-state index contributed by atoms with van der Waals surface area (Å²) in [5.74, 6) is 6.30. The Hall–Kier alpha value is -4.46. The van der Waals surface area contributed by atoms with Crippen LogP contribution in [0.5, 0.6) is 11.5 Å². The highest BCUT2D eigenvalue weighted by Crippen LogP contribution is 2.23. The summed E-state index contributed by atoms with van der Waals surface area (Å²) < 4.78 is 48.9. The van der Waals surface area contributed by atoms with Gasteiger partial charge in [0.05, 0.1) is 0 Å². The Balaban J connectivity index is 1.47. The van der Waals surface area contributed by atoms with E-state index in [0.717, 1.165) is 0 Å². The number of aryl methyl sites for hydroxylation is 1. The number of halogens is 3. The molecule has 0 amide bonds. The fourth-order valence-electron chi connectivity index (χ4n) is 3.86. The van der Waals surface area contributed by atoms with E-state index in [2.05, 4.69) is 26.5 Å². The van der Waals surface area contributed by atoms with E-state index in [1.54, 1.807) is 24.3 Å². The van der Waals surface area contributed by atoms with Gasteiger partial charge in [0.25, 0.3) is 5.56 Å². The van der Waals surface area contributed by atoms with Crippen LogP contribution in [0.4, 0.5) is 13.2 Å². The minimum absolute atomic E-state index is 0.0606. The van der Waals surface area contributed by atoms with Crippen molar-refractivity contribution in [1.29, 1.82) is 0 Å². The van der Waals surface area contributed by atoms with E-state index in [9.17, 15) is 22.8 Å². The maximum absolute atomic E-state index is 12.9. The molecule has 0 spiro atoms. The number of hydrogen-bond acceptors (Lipinski definition) is 5. The number of aromatic amines is 1. The Labute approximate surface area is 215 Å². The second kappa shape index (κ2) is 11.3. The average Bonchev–Trinajstić information content (AvgIpc) is 3.33. The van der Waals surface area contributed by atoms with Crippen LogP contribution in [-0.2, 0) is 13.1 Å². The highest BCUT2D eigenvalue weighted by Gasteiger charge is 2.30. The van der Waals surface area contributed by atoms with E-state index in [0.29, 0.717) is 54.3 Å². The molecule has 0 fully saturated rings. The first-order valence-electron chi connectivity index (χ1n) is 12.0. The molecule has 8 nitrogen and oxygen atoms in total. The SMILES string of the molecule is CCCn1c(=O)c2[nH]c(-c3ccc(OCC#Cc4ccc(OC(F)(F)F)cc4)cc3)nc2n(CCC)c1=O. The Morgan fingerprint density at radius 2 is 1.55 bits per heavy atom. The number of nitrogens with one attached hydrogen (secondary N) is 1. The lowest BCUT2D eigenvalue weighted by Crippen LogP contribution is -2.40. The largest absolute Gasteiger partial charge is 0.573 e. The molecule has 0 aliphatic heterocycles. The first kappa shape index (κ1) is 26.6. The molecule has 1 N–H and O–H groups in total. The molecule has 11 heteroatoms. The summed E-state index contributed by atoms with van der Waals surface area (Å²) in [5, 5.41) is 0. The number of benzene rings is 2. The summed E-state index contributed by atoms with van der Waals surface area (Å²) in [5.41, 5.74) is 1.09. The number of fused-ring (bicyclic) bond motifs is 1. The highest BCUT2D eigenvalue weighted by atomic mass is 19.4. The Bertz CT molecular complexity index is 1590. The van der Waals surface area contributed by atoms with Crippen molar-refractivity contribution >= 4 is 11.2 Å². The van der Waals surface area contributed by atoms with Crippen LogP contribution in [-0.4, -0.2) is 32.1 Å². The third kappa shape index (κ3) is 6.08. The lowest BCUT2D eigenvalue weighted by Gasteiger charge is -2.09. The van der Waals surface area contributed by atoms with Crippen LogP contribution in [0.25, 0.3) is 22.6 Å². The summed E-state index contributed by atoms with van der Waals surface area (Å²) in [6.45, 7) is 4.70. The molecule has 198 valence electrons. The second-order valence-electron chi connectivity index (χ2n) is 8.36. The standard InChI is InChI=1S/C27H25F3N4O4/c1-3-15-33-24-22(25(35)34(16-4-2)26(33)36)31-23(32-24)19-9-13-20(14-10-19)37-17-5-6-18-7-11-21(12-8-18)38-27(28,29)30/h7-14H,3-4,15-17H2,1-2H3,(H,31,32). The van der Waals surface area contributed by atoms with Gasteiger partial charge in [-0.15, -0.1) is 13.2 Å². The number of imidazole rings is 1. The zero-order chi connectivity index (χ0) is 27.3. The molecule has 0 saturated heterocycles. The van der Waals surface area contributed by atoms with Gasteiger partial charge in [-0.3, -0.25) is 13.9 Å². The number of ether oxygens (including phenoxy) is 2. The minimum Gasteiger partial charge on any atom is -0.481 e. The van der Waals surface area contributed by atoms with Crippen LogP contribution in [0.3, 0.4) is 0 Å². The van der Waals surface area contributed by atoms with Crippen molar-refractivity contribution < 1.29 is 22.6 Å². The summed E-state index contributed by atoms with van der Waals surface area (Å²) in [6, 6.07) is 12.2. The average molecular weight is 527 g/mol. The first-order valence-corrected chi connectivity index (χ1v) is 12.0. The van der Waals surface area contributed by atoms with Gasteiger partial charge in [0.1, 0.15) is 29.4 Å². The third-order valence-electron chi connectivity index (χ3n) is 5.52. The molecule has 0 aliphatic carbocycles. The number of alkyl halides is 3. The van der Waals surface area contributed by atoms with Crippen LogP contribution < -0.4 is 20.7 Å². The molecule has 2 heterocycles. The topological polar surface area (TPSA) is 91.1 Å². The number of H-pyrrole nitrogens is 1. The fraction of sp³-hybridized carbons (Fsp3) is 0.296. The Kier molecular flexibility index (Phi) is 7.90. The number of nitrogens with zero attached hydrogens (tertiary/aromatic N) is 3. The van der Waals surface area contributed by atoms with E-state index in [4.69, 9.17) is 4.74 Å². The Morgan fingerprint density at radius 3 is 2.18 bits per heavy atom. The van der Waals surface area contributed by atoms with Crippen molar-refractivity contribution in [2.75, 3.05) is 6.61 Å². The highest BCUT2D eigenvalue weighted by molar-refractivity contribution is 5.75. The molecular formula is C27H25F3N4O4. The smallest absolute Gasteiger partial charge is 0.481 e. The summed E-state index contributed by atoms with van der Waals surface area (Å²) in [6.07, 6.45) is -3.37. The molecule has 0 saturated carbocycles. The fourth-order valence-corrected chi connectivity index (χ4v) is 3.86. The van der Waals surface area contributed by atoms with Gasteiger partial charge < -0.3 is 14.5 Å². The van der Waals surface area contributed by atoms with Gasteiger partial charge in [-0.2, -0.15) is 0 Å². The molecule has 4 rings (SSSR count). The van der Waals surface area contributed by atoms with E-state index in [-0.39, 0.29) is 29.1 Å². The lowest BCUT2D eigenvalue weighted by atomic mass is 10.2. The summed E-state index contributed by atoms with van der Waals surface area (Å²) >= 11 is 0. The second-order valence-corrected chi connectivity index (χ2v) is 8.36. The normalized spacial score (nSPS) is 11.3. The molecule has 0 bridgehead atoms. The van der Waals surface area contributed by atoms with Crippen molar-refractivity contribution in [1.82, 2.24) is 19.1 Å². The van der Waals surface area contributed by atoms with Crippen molar-refractivity contribution in [2.24, 2.45) is 0 Å². The predicted octanol–water partition coefficient (Wildman–Crippen LogP) is 4.70. The van der Waals surface area contributed by atoms with E-state index < -0.39 is 6.36 Å². The summed E-state index contributed by atoms with van der Waals surface area (Å²) in [7, 11) is 0. The quantitative estimate of drug-likeness (QED) is 0.336. The van der Waals surface area contributed by atoms with Crippen LogP contribution in [0.1, 0.15) is 32.3 Å². The number of aromatic nitrogens is 4.